The summed E-state index contributed by atoms with van der Waals surface area (Å²) in [7, 11) is 1.44. The van der Waals surface area contributed by atoms with Crippen LogP contribution in [0.4, 0.5) is 13.2 Å². The maximum atomic E-state index is 13.1. The summed E-state index contributed by atoms with van der Waals surface area (Å²) < 4.78 is 39.1. The van der Waals surface area contributed by atoms with Crippen LogP contribution in [0.2, 0.25) is 0 Å². The number of carbonyl (C=O) groups is 1. The minimum atomic E-state index is -1.61. The van der Waals surface area contributed by atoms with E-state index < -0.39 is 23.4 Å². The number of halogens is 3. The summed E-state index contributed by atoms with van der Waals surface area (Å²) in [4.78, 5) is 13.3. The van der Waals surface area contributed by atoms with Crippen molar-refractivity contribution >= 4 is 5.91 Å². The summed E-state index contributed by atoms with van der Waals surface area (Å²) in [5, 5.41) is 9.34. The molecule has 0 heterocycles. The zero-order valence-electron chi connectivity index (χ0n) is 11.1. The second kappa shape index (κ2) is 5.87. The molecule has 0 unspecified atom stereocenters. The molecule has 0 saturated heterocycles. The van der Waals surface area contributed by atoms with E-state index in [-0.39, 0.29) is 17.9 Å². The number of phenolic OH excluding ortho intramolecular Hbond substituents is 1. The van der Waals surface area contributed by atoms with Gasteiger partial charge in [-0.05, 0) is 29.8 Å². The number of rotatable bonds is 3. The normalized spacial score (nSPS) is 10.5. The van der Waals surface area contributed by atoms with Crippen LogP contribution in [0.1, 0.15) is 15.9 Å². The van der Waals surface area contributed by atoms with E-state index >= 15 is 0 Å². The maximum absolute atomic E-state index is 13.1. The Labute approximate surface area is 119 Å². The van der Waals surface area contributed by atoms with Crippen LogP contribution in [0.3, 0.4) is 0 Å². The predicted molar refractivity (Wildman–Crippen MR) is 70.2 cm³/mol. The monoisotopic (exact) mass is 295 g/mol. The Hall–Kier alpha value is -2.50. The van der Waals surface area contributed by atoms with E-state index in [1.165, 1.54) is 24.1 Å². The Morgan fingerprint density at radius 1 is 1.14 bits per heavy atom. The van der Waals surface area contributed by atoms with Gasteiger partial charge in [-0.2, -0.15) is 0 Å². The zero-order chi connectivity index (χ0) is 15.6. The van der Waals surface area contributed by atoms with Crippen molar-refractivity contribution in [2.75, 3.05) is 7.05 Å². The van der Waals surface area contributed by atoms with Crippen molar-refractivity contribution in [2.45, 2.75) is 6.54 Å². The largest absolute Gasteiger partial charge is 0.508 e. The van der Waals surface area contributed by atoms with E-state index in [2.05, 4.69) is 0 Å². The molecular weight excluding hydrogens is 283 g/mol. The Morgan fingerprint density at radius 3 is 2.33 bits per heavy atom. The highest BCUT2D eigenvalue weighted by Crippen LogP contribution is 2.17. The summed E-state index contributed by atoms with van der Waals surface area (Å²) in [5.41, 5.74) is 0.364. The highest BCUT2D eigenvalue weighted by atomic mass is 19.2. The molecule has 0 aliphatic rings. The van der Waals surface area contributed by atoms with Crippen molar-refractivity contribution in [1.82, 2.24) is 4.90 Å². The molecule has 110 valence electrons. The fourth-order valence-electron chi connectivity index (χ4n) is 1.90. The first kappa shape index (κ1) is 14.9. The Bertz CT molecular complexity index is 665. The topological polar surface area (TPSA) is 40.5 Å². The number of phenols is 1. The third-order valence-corrected chi connectivity index (χ3v) is 2.91. The van der Waals surface area contributed by atoms with Crippen LogP contribution in [0.15, 0.2) is 36.4 Å². The van der Waals surface area contributed by atoms with E-state index in [9.17, 15) is 23.1 Å². The van der Waals surface area contributed by atoms with Crippen LogP contribution in [0, 0.1) is 17.5 Å². The molecule has 0 fully saturated rings. The fraction of sp³-hybridized carbons (Fsp3) is 0.133. The molecule has 2 rings (SSSR count). The molecule has 3 nitrogen and oxygen atoms in total. The fourth-order valence-corrected chi connectivity index (χ4v) is 1.90. The van der Waals surface area contributed by atoms with Gasteiger partial charge in [-0.1, -0.05) is 12.1 Å². The Kier molecular flexibility index (Phi) is 4.16. The summed E-state index contributed by atoms with van der Waals surface area (Å²) in [6.45, 7) is 0.133. The van der Waals surface area contributed by atoms with Crippen LogP contribution in [-0.4, -0.2) is 23.0 Å². The highest BCUT2D eigenvalue weighted by Gasteiger charge is 2.18. The number of nitrogens with zero attached hydrogens (tertiary/aromatic N) is 1. The lowest BCUT2D eigenvalue weighted by atomic mass is 10.1. The minimum absolute atomic E-state index is 0.0484. The van der Waals surface area contributed by atoms with Crippen LogP contribution < -0.4 is 0 Å². The number of hydrogen-bond acceptors (Lipinski definition) is 2. The first-order chi connectivity index (χ1) is 9.88. The third-order valence-electron chi connectivity index (χ3n) is 2.91. The van der Waals surface area contributed by atoms with Gasteiger partial charge in [-0.15, -0.1) is 0 Å². The van der Waals surface area contributed by atoms with Gasteiger partial charge in [0.15, 0.2) is 17.5 Å². The SMILES string of the molecule is CN(Cc1cccc(O)c1)C(=O)c1cc(F)c(F)c(F)c1. The molecule has 0 aromatic heterocycles. The zero-order valence-corrected chi connectivity index (χ0v) is 11.1. The van der Waals surface area contributed by atoms with Gasteiger partial charge in [0, 0.05) is 19.2 Å². The molecule has 21 heavy (non-hydrogen) atoms. The average Bonchev–Trinajstić information content (AvgIpc) is 2.43. The summed E-state index contributed by atoms with van der Waals surface area (Å²) in [6.07, 6.45) is 0. The lowest BCUT2D eigenvalue weighted by molar-refractivity contribution is 0.0783. The van der Waals surface area contributed by atoms with Crippen molar-refractivity contribution < 1.29 is 23.1 Å². The summed E-state index contributed by atoms with van der Waals surface area (Å²) in [5.74, 6) is -5.04. The van der Waals surface area contributed by atoms with E-state index in [0.717, 1.165) is 0 Å². The molecule has 0 radical (unpaired) electrons. The number of hydrogen-bond donors (Lipinski definition) is 1. The molecule has 0 bridgehead atoms. The molecule has 6 heteroatoms. The summed E-state index contributed by atoms with van der Waals surface area (Å²) in [6, 6.07) is 7.56. The van der Waals surface area contributed by atoms with Crippen molar-refractivity contribution in [3.05, 3.63) is 65.0 Å². The van der Waals surface area contributed by atoms with E-state index in [0.29, 0.717) is 17.7 Å². The van der Waals surface area contributed by atoms with Gasteiger partial charge in [0.05, 0.1) is 0 Å². The van der Waals surface area contributed by atoms with Crippen LogP contribution in [-0.2, 0) is 6.54 Å². The van der Waals surface area contributed by atoms with Gasteiger partial charge in [0.25, 0.3) is 5.91 Å². The first-order valence-corrected chi connectivity index (χ1v) is 6.06. The Morgan fingerprint density at radius 2 is 1.76 bits per heavy atom. The van der Waals surface area contributed by atoms with Gasteiger partial charge in [-0.25, -0.2) is 13.2 Å². The molecule has 2 aromatic carbocycles. The summed E-state index contributed by atoms with van der Waals surface area (Å²) >= 11 is 0. The minimum Gasteiger partial charge on any atom is -0.508 e. The smallest absolute Gasteiger partial charge is 0.254 e. The Balaban J connectivity index is 2.20. The molecule has 0 atom stereocenters. The van der Waals surface area contributed by atoms with E-state index in [4.69, 9.17) is 0 Å². The van der Waals surface area contributed by atoms with Crippen molar-refractivity contribution in [3.63, 3.8) is 0 Å². The maximum Gasteiger partial charge on any atom is 0.254 e. The first-order valence-electron chi connectivity index (χ1n) is 6.06. The highest BCUT2D eigenvalue weighted by molar-refractivity contribution is 5.94. The molecule has 2 aromatic rings. The number of benzene rings is 2. The lowest BCUT2D eigenvalue weighted by Crippen LogP contribution is -2.26. The van der Waals surface area contributed by atoms with Crippen LogP contribution in [0.5, 0.6) is 5.75 Å². The van der Waals surface area contributed by atoms with Crippen LogP contribution in [0.25, 0.3) is 0 Å². The molecule has 0 spiro atoms. The molecule has 0 aliphatic heterocycles. The average molecular weight is 295 g/mol. The predicted octanol–water partition coefficient (Wildman–Crippen LogP) is 3.08. The van der Waals surface area contributed by atoms with E-state index in [1.54, 1.807) is 12.1 Å². The van der Waals surface area contributed by atoms with Gasteiger partial charge >= 0.3 is 0 Å². The standard InChI is InChI=1S/C15H12F3NO2/c1-19(8-9-3-2-4-11(20)5-9)15(21)10-6-12(16)14(18)13(17)7-10/h2-7,20H,8H2,1H3. The third kappa shape index (κ3) is 3.34. The lowest BCUT2D eigenvalue weighted by Gasteiger charge is -2.17. The number of carbonyl (C=O) groups excluding carboxylic acids is 1. The van der Waals surface area contributed by atoms with Gasteiger partial charge in [-0.3, -0.25) is 4.79 Å². The molecular formula is C15H12F3NO2. The number of amides is 1. The van der Waals surface area contributed by atoms with Gasteiger partial charge < -0.3 is 10.0 Å². The quantitative estimate of drug-likeness (QED) is 0.884. The van der Waals surface area contributed by atoms with Crippen molar-refractivity contribution in [1.29, 1.82) is 0 Å². The second-order valence-corrected chi connectivity index (χ2v) is 4.58. The van der Waals surface area contributed by atoms with Crippen molar-refractivity contribution in [3.8, 4) is 5.75 Å². The molecule has 0 saturated carbocycles. The number of aromatic hydroxyl groups is 1. The van der Waals surface area contributed by atoms with E-state index in [1.807, 2.05) is 0 Å². The van der Waals surface area contributed by atoms with Crippen LogP contribution >= 0.6 is 0 Å². The molecule has 1 N–H and O–H groups in total. The van der Waals surface area contributed by atoms with Gasteiger partial charge in [0.2, 0.25) is 0 Å². The van der Waals surface area contributed by atoms with Gasteiger partial charge in [0.1, 0.15) is 5.75 Å². The molecule has 1 amide bonds. The molecule has 0 aliphatic carbocycles. The van der Waals surface area contributed by atoms with Crippen molar-refractivity contribution in [2.24, 2.45) is 0 Å². The second-order valence-electron chi connectivity index (χ2n) is 4.58.